The van der Waals surface area contributed by atoms with Crippen molar-refractivity contribution in [3.63, 3.8) is 0 Å². The number of benzene rings is 1. The van der Waals surface area contributed by atoms with E-state index in [9.17, 15) is 0 Å². The van der Waals surface area contributed by atoms with Crippen molar-refractivity contribution in [1.29, 1.82) is 0 Å². The van der Waals surface area contributed by atoms with Gasteiger partial charge in [0, 0.05) is 12.2 Å². The summed E-state index contributed by atoms with van der Waals surface area (Å²) < 4.78 is 0. The number of hydrogen-bond donors (Lipinski definition) is 1. The van der Waals surface area contributed by atoms with Crippen LogP contribution in [0.4, 0.5) is 0 Å². The Bertz CT molecular complexity index is 523. The first-order valence-corrected chi connectivity index (χ1v) is 6.76. The van der Waals surface area contributed by atoms with Crippen LogP contribution in [0, 0.1) is 13.8 Å². The van der Waals surface area contributed by atoms with Gasteiger partial charge in [-0.1, -0.05) is 25.1 Å². The van der Waals surface area contributed by atoms with Crippen molar-refractivity contribution in [3.05, 3.63) is 58.9 Å². The van der Waals surface area contributed by atoms with Crippen LogP contribution in [-0.4, -0.2) is 16.7 Å². The number of nitrogens with zero attached hydrogens (tertiary/aromatic N) is 2. The molecule has 0 aliphatic carbocycles. The standard InChI is InChI=1S/C16H21N3/c1-4-17-16(15-7-8-18-19-11-15)10-14-6-5-12(2)13(3)9-14/h5-9,11,16-17H,4,10H2,1-3H3. The van der Waals surface area contributed by atoms with Crippen LogP contribution in [0.15, 0.2) is 36.7 Å². The van der Waals surface area contributed by atoms with E-state index in [2.05, 4.69) is 54.5 Å². The number of rotatable bonds is 5. The lowest BCUT2D eigenvalue weighted by Gasteiger charge is -2.18. The molecule has 0 radical (unpaired) electrons. The molecule has 2 aromatic rings. The van der Waals surface area contributed by atoms with Crippen LogP contribution in [0.25, 0.3) is 0 Å². The summed E-state index contributed by atoms with van der Waals surface area (Å²) in [7, 11) is 0. The average Bonchev–Trinajstić information content (AvgIpc) is 2.43. The third-order valence-corrected chi connectivity index (χ3v) is 3.47. The maximum atomic E-state index is 3.97. The molecule has 1 atom stereocenters. The van der Waals surface area contributed by atoms with Gasteiger partial charge in [0.2, 0.25) is 0 Å². The van der Waals surface area contributed by atoms with Gasteiger partial charge >= 0.3 is 0 Å². The Morgan fingerprint density at radius 1 is 1.11 bits per heavy atom. The molecule has 0 saturated heterocycles. The number of hydrogen-bond acceptors (Lipinski definition) is 3. The highest BCUT2D eigenvalue weighted by Gasteiger charge is 2.11. The summed E-state index contributed by atoms with van der Waals surface area (Å²) in [6.45, 7) is 7.38. The minimum atomic E-state index is 0.294. The zero-order valence-corrected chi connectivity index (χ0v) is 11.9. The Kier molecular flexibility index (Phi) is 4.63. The topological polar surface area (TPSA) is 37.8 Å². The van der Waals surface area contributed by atoms with Gasteiger partial charge in [-0.3, -0.25) is 0 Å². The molecule has 3 nitrogen and oxygen atoms in total. The fraction of sp³-hybridized carbons (Fsp3) is 0.375. The molecule has 1 aromatic heterocycles. The van der Waals surface area contributed by atoms with Gasteiger partial charge in [-0.25, -0.2) is 0 Å². The third kappa shape index (κ3) is 3.61. The van der Waals surface area contributed by atoms with Gasteiger partial charge in [0.1, 0.15) is 0 Å². The number of likely N-dealkylation sites (N-methyl/N-ethyl adjacent to an activating group) is 1. The van der Waals surface area contributed by atoms with Crippen LogP contribution in [0.5, 0.6) is 0 Å². The van der Waals surface area contributed by atoms with Crippen molar-refractivity contribution >= 4 is 0 Å². The van der Waals surface area contributed by atoms with E-state index < -0.39 is 0 Å². The number of aryl methyl sites for hydroxylation is 2. The molecule has 1 aromatic carbocycles. The highest BCUT2D eigenvalue weighted by Crippen LogP contribution is 2.19. The molecule has 3 heteroatoms. The van der Waals surface area contributed by atoms with Crippen LogP contribution in [-0.2, 0) is 6.42 Å². The van der Waals surface area contributed by atoms with E-state index in [-0.39, 0.29) is 0 Å². The highest BCUT2D eigenvalue weighted by molar-refractivity contribution is 5.31. The Morgan fingerprint density at radius 2 is 1.95 bits per heavy atom. The first-order chi connectivity index (χ1) is 9.20. The van der Waals surface area contributed by atoms with Gasteiger partial charge in [-0.2, -0.15) is 10.2 Å². The van der Waals surface area contributed by atoms with E-state index >= 15 is 0 Å². The van der Waals surface area contributed by atoms with Crippen LogP contribution >= 0.6 is 0 Å². The SMILES string of the molecule is CCNC(Cc1ccc(C)c(C)c1)c1ccnnc1. The summed E-state index contributed by atoms with van der Waals surface area (Å²) in [5, 5.41) is 11.3. The minimum Gasteiger partial charge on any atom is -0.310 e. The molecule has 1 heterocycles. The van der Waals surface area contributed by atoms with Crippen molar-refractivity contribution < 1.29 is 0 Å². The smallest absolute Gasteiger partial charge is 0.0544 e. The fourth-order valence-corrected chi connectivity index (χ4v) is 2.23. The quantitative estimate of drug-likeness (QED) is 0.892. The molecule has 1 unspecified atom stereocenters. The van der Waals surface area contributed by atoms with Crippen LogP contribution < -0.4 is 5.32 Å². The van der Waals surface area contributed by atoms with E-state index in [1.165, 1.54) is 22.3 Å². The normalized spacial score (nSPS) is 12.4. The molecule has 0 aliphatic heterocycles. The molecule has 0 amide bonds. The largest absolute Gasteiger partial charge is 0.310 e. The predicted octanol–water partition coefficient (Wildman–Crippen LogP) is 2.99. The molecule has 0 bridgehead atoms. The second kappa shape index (κ2) is 6.43. The second-order valence-corrected chi connectivity index (χ2v) is 4.91. The Balaban J connectivity index is 2.19. The van der Waals surface area contributed by atoms with Gasteiger partial charge in [0.15, 0.2) is 0 Å². The minimum absolute atomic E-state index is 0.294. The van der Waals surface area contributed by atoms with E-state index in [0.29, 0.717) is 6.04 Å². The van der Waals surface area contributed by atoms with Crippen molar-refractivity contribution in [2.75, 3.05) is 6.54 Å². The van der Waals surface area contributed by atoms with Crippen LogP contribution in [0.3, 0.4) is 0 Å². The lowest BCUT2D eigenvalue weighted by Crippen LogP contribution is -2.23. The van der Waals surface area contributed by atoms with E-state index in [1.807, 2.05) is 12.3 Å². The zero-order chi connectivity index (χ0) is 13.7. The van der Waals surface area contributed by atoms with Gasteiger partial charge in [0.25, 0.3) is 0 Å². The molecule has 0 aliphatic rings. The van der Waals surface area contributed by atoms with Crippen LogP contribution in [0.2, 0.25) is 0 Å². The summed E-state index contributed by atoms with van der Waals surface area (Å²) in [6.07, 6.45) is 4.56. The monoisotopic (exact) mass is 255 g/mol. The van der Waals surface area contributed by atoms with Crippen molar-refractivity contribution in [2.24, 2.45) is 0 Å². The zero-order valence-electron chi connectivity index (χ0n) is 11.9. The summed E-state index contributed by atoms with van der Waals surface area (Å²) >= 11 is 0. The lowest BCUT2D eigenvalue weighted by molar-refractivity contribution is 0.546. The summed E-state index contributed by atoms with van der Waals surface area (Å²) in [5.41, 5.74) is 5.23. The van der Waals surface area contributed by atoms with Crippen LogP contribution in [0.1, 0.15) is 35.2 Å². The van der Waals surface area contributed by atoms with Crippen molar-refractivity contribution in [2.45, 2.75) is 33.2 Å². The van der Waals surface area contributed by atoms with E-state index in [0.717, 1.165) is 13.0 Å². The molecule has 19 heavy (non-hydrogen) atoms. The Hall–Kier alpha value is -1.74. The maximum absolute atomic E-state index is 3.97. The predicted molar refractivity (Wildman–Crippen MR) is 78.1 cm³/mol. The number of nitrogens with one attached hydrogen (secondary N) is 1. The van der Waals surface area contributed by atoms with E-state index in [1.54, 1.807) is 6.20 Å². The highest BCUT2D eigenvalue weighted by atomic mass is 15.1. The average molecular weight is 255 g/mol. The molecule has 1 N–H and O–H groups in total. The van der Waals surface area contributed by atoms with Gasteiger partial charge in [-0.05, 0) is 55.1 Å². The van der Waals surface area contributed by atoms with Gasteiger partial charge in [0.05, 0.1) is 6.20 Å². The van der Waals surface area contributed by atoms with Gasteiger partial charge < -0.3 is 5.32 Å². The molecule has 0 saturated carbocycles. The summed E-state index contributed by atoms with van der Waals surface area (Å²) in [4.78, 5) is 0. The van der Waals surface area contributed by atoms with Crippen molar-refractivity contribution in [1.82, 2.24) is 15.5 Å². The lowest BCUT2D eigenvalue weighted by atomic mass is 9.97. The van der Waals surface area contributed by atoms with E-state index in [4.69, 9.17) is 0 Å². The molecule has 100 valence electrons. The second-order valence-electron chi connectivity index (χ2n) is 4.91. The van der Waals surface area contributed by atoms with Gasteiger partial charge in [-0.15, -0.1) is 0 Å². The summed E-state index contributed by atoms with van der Waals surface area (Å²) in [6, 6.07) is 9.00. The first-order valence-electron chi connectivity index (χ1n) is 6.76. The molecule has 0 fully saturated rings. The van der Waals surface area contributed by atoms with Crippen molar-refractivity contribution in [3.8, 4) is 0 Å². The number of aromatic nitrogens is 2. The first kappa shape index (κ1) is 13.7. The fourth-order valence-electron chi connectivity index (χ4n) is 2.23. The molecule has 0 spiro atoms. The molecular weight excluding hydrogens is 234 g/mol. The Morgan fingerprint density at radius 3 is 2.58 bits per heavy atom. The molecular formula is C16H21N3. The Labute approximate surface area is 115 Å². The summed E-state index contributed by atoms with van der Waals surface area (Å²) in [5.74, 6) is 0. The maximum Gasteiger partial charge on any atom is 0.0544 e. The third-order valence-electron chi connectivity index (χ3n) is 3.47. The molecule has 2 rings (SSSR count).